The summed E-state index contributed by atoms with van der Waals surface area (Å²) in [4.78, 5) is 4.91. The molecule has 0 bridgehead atoms. The van der Waals surface area contributed by atoms with Crippen LogP contribution in [0.4, 0.5) is 34.1 Å². The fourth-order valence-electron chi connectivity index (χ4n) is 12.8. The van der Waals surface area contributed by atoms with E-state index in [0.717, 1.165) is 28.3 Å². The molecule has 1 aliphatic heterocycles. The Kier molecular flexibility index (Phi) is 11.1. The van der Waals surface area contributed by atoms with Crippen LogP contribution in [0.3, 0.4) is 0 Å². The van der Waals surface area contributed by atoms with Gasteiger partial charge in [-0.3, -0.25) is 0 Å². The summed E-state index contributed by atoms with van der Waals surface area (Å²) in [5, 5.41) is 5.48. The van der Waals surface area contributed by atoms with Crippen molar-refractivity contribution in [3.63, 3.8) is 0 Å². The molecule has 2 nitrogen and oxygen atoms in total. The van der Waals surface area contributed by atoms with Crippen molar-refractivity contribution in [2.24, 2.45) is 0 Å². The van der Waals surface area contributed by atoms with Gasteiger partial charge in [-0.05, 0) is 137 Å². The first kappa shape index (κ1) is 45.1. The molecule has 76 heavy (non-hydrogen) atoms. The minimum Gasteiger partial charge on any atom is -0.311 e. The molecule has 0 amide bonds. The topological polar surface area (TPSA) is 6.48 Å². The quantitative estimate of drug-likeness (QED) is 0.126. The van der Waals surface area contributed by atoms with E-state index in [2.05, 4.69) is 325 Å². The molecule has 0 unspecified atom stereocenters. The lowest BCUT2D eigenvalue weighted by molar-refractivity contribution is 0.768. The zero-order chi connectivity index (χ0) is 50.5. The standard InChI is InChI=1S/C73H52N2Si/c1-6-23-53(24-7-1)54-41-46-60(47-42-54)74(62-30-22-27-58(52-62)73(57-25-8-2-9-26-57)67-37-18-16-35-65(67)66-36-17-19-38-68(66)73)61-48-43-55(44-49-61)56-45-50-70-72(51-56)76(63-31-12-4-13-32-63,64-33-14-5-15-34-64)71-40-21-20-39-69(71)75(70)59-28-10-3-11-29-59/h1-52H. The molecular weight excluding hydrogens is 933 g/mol. The lowest BCUT2D eigenvalue weighted by Gasteiger charge is -2.45. The van der Waals surface area contributed by atoms with E-state index >= 15 is 0 Å². The molecule has 2 aliphatic rings. The molecule has 1 aliphatic carbocycles. The Morgan fingerprint density at radius 1 is 0.289 bits per heavy atom. The highest BCUT2D eigenvalue weighted by atomic mass is 28.3. The number of nitrogens with zero attached hydrogens (tertiary/aromatic N) is 2. The maximum absolute atomic E-state index is 2.90. The molecule has 0 fully saturated rings. The number of hydrogen-bond acceptors (Lipinski definition) is 2. The van der Waals surface area contributed by atoms with Crippen LogP contribution in [-0.2, 0) is 5.41 Å². The van der Waals surface area contributed by atoms with Gasteiger partial charge < -0.3 is 9.80 Å². The molecule has 0 radical (unpaired) electrons. The maximum Gasteiger partial charge on any atom is 0.184 e. The normalized spacial score (nSPS) is 13.4. The highest BCUT2D eigenvalue weighted by molar-refractivity contribution is 7.21. The molecule has 1 heterocycles. The van der Waals surface area contributed by atoms with Crippen LogP contribution in [0.1, 0.15) is 22.3 Å². The number of hydrogen-bond donors (Lipinski definition) is 0. The fourth-order valence-corrected chi connectivity index (χ4v) is 17.9. The molecule has 0 saturated carbocycles. The highest BCUT2D eigenvalue weighted by Gasteiger charge is 2.49. The van der Waals surface area contributed by atoms with Gasteiger partial charge in [0.1, 0.15) is 0 Å². The molecule has 0 saturated heterocycles. The van der Waals surface area contributed by atoms with E-state index in [1.165, 1.54) is 82.2 Å². The molecule has 12 aromatic rings. The average molecular weight is 985 g/mol. The molecule has 3 heteroatoms. The lowest BCUT2D eigenvalue weighted by atomic mass is 9.67. The maximum atomic E-state index is 2.52. The van der Waals surface area contributed by atoms with Crippen LogP contribution in [0.5, 0.6) is 0 Å². The van der Waals surface area contributed by atoms with E-state index in [-0.39, 0.29) is 0 Å². The Morgan fingerprint density at radius 2 is 0.737 bits per heavy atom. The zero-order valence-corrected chi connectivity index (χ0v) is 42.9. The summed E-state index contributed by atoms with van der Waals surface area (Å²) in [6.45, 7) is 0. The van der Waals surface area contributed by atoms with Crippen molar-refractivity contribution in [1.29, 1.82) is 0 Å². The molecule has 12 aromatic carbocycles. The molecular formula is C73H52N2Si. The van der Waals surface area contributed by atoms with Gasteiger partial charge >= 0.3 is 0 Å². The predicted molar refractivity (Wildman–Crippen MR) is 321 cm³/mol. The third-order valence-corrected chi connectivity index (χ3v) is 20.8. The van der Waals surface area contributed by atoms with E-state index in [9.17, 15) is 0 Å². The summed E-state index contributed by atoms with van der Waals surface area (Å²) < 4.78 is 0. The second kappa shape index (κ2) is 18.7. The van der Waals surface area contributed by atoms with Gasteiger partial charge in [0, 0.05) is 34.1 Å². The van der Waals surface area contributed by atoms with Crippen molar-refractivity contribution in [2.75, 3.05) is 9.80 Å². The van der Waals surface area contributed by atoms with E-state index in [1.807, 2.05) is 0 Å². The average Bonchev–Trinajstić information content (AvgIpc) is 4.02. The number of para-hydroxylation sites is 2. The molecule has 358 valence electrons. The summed E-state index contributed by atoms with van der Waals surface area (Å²) in [5.41, 5.74) is 18.7. The van der Waals surface area contributed by atoms with Crippen molar-refractivity contribution >= 4 is 62.9 Å². The van der Waals surface area contributed by atoms with Crippen LogP contribution in [0.2, 0.25) is 0 Å². The van der Waals surface area contributed by atoms with Crippen LogP contribution in [0.25, 0.3) is 33.4 Å². The first-order valence-corrected chi connectivity index (χ1v) is 28.3. The molecule has 0 spiro atoms. The minimum absolute atomic E-state index is 0.530. The summed E-state index contributed by atoms with van der Waals surface area (Å²) in [7, 11) is -2.90. The van der Waals surface area contributed by atoms with Gasteiger partial charge in [-0.25, -0.2) is 0 Å². The molecule has 0 atom stereocenters. The van der Waals surface area contributed by atoms with Crippen LogP contribution in [-0.4, -0.2) is 8.07 Å². The van der Waals surface area contributed by atoms with E-state index in [1.54, 1.807) is 0 Å². The highest BCUT2D eigenvalue weighted by Crippen LogP contribution is 2.56. The number of rotatable bonds is 10. The Bertz CT molecular complexity index is 3940. The fraction of sp³-hybridized carbons (Fsp3) is 0.0137. The number of benzene rings is 12. The van der Waals surface area contributed by atoms with E-state index in [4.69, 9.17) is 0 Å². The van der Waals surface area contributed by atoms with Crippen molar-refractivity contribution in [2.45, 2.75) is 5.41 Å². The first-order chi connectivity index (χ1) is 37.7. The first-order valence-electron chi connectivity index (χ1n) is 26.3. The summed E-state index contributed by atoms with van der Waals surface area (Å²) >= 11 is 0. The Labute approximate surface area is 446 Å². The molecule has 0 aromatic heterocycles. The summed E-state index contributed by atoms with van der Waals surface area (Å²) in [6.07, 6.45) is 0. The Morgan fingerprint density at radius 3 is 1.34 bits per heavy atom. The minimum atomic E-state index is -2.90. The number of anilines is 6. The smallest absolute Gasteiger partial charge is 0.184 e. The van der Waals surface area contributed by atoms with Gasteiger partial charge in [0.15, 0.2) is 8.07 Å². The van der Waals surface area contributed by atoms with Gasteiger partial charge in [0.2, 0.25) is 0 Å². The van der Waals surface area contributed by atoms with Gasteiger partial charge in [0.25, 0.3) is 0 Å². The lowest BCUT2D eigenvalue weighted by Crippen LogP contribution is -2.77. The zero-order valence-electron chi connectivity index (χ0n) is 41.9. The van der Waals surface area contributed by atoms with Crippen LogP contribution >= 0.6 is 0 Å². The van der Waals surface area contributed by atoms with Crippen molar-refractivity contribution in [1.82, 2.24) is 0 Å². The monoisotopic (exact) mass is 984 g/mol. The van der Waals surface area contributed by atoms with Crippen molar-refractivity contribution < 1.29 is 0 Å². The second-order valence-electron chi connectivity index (χ2n) is 20.0. The van der Waals surface area contributed by atoms with Gasteiger partial charge in [-0.1, -0.05) is 255 Å². The predicted octanol–water partition coefficient (Wildman–Crippen LogP) is 16.0. The van der Waals surface area contributed by atoms with Gasteiger partial charge in [-0.15, -0.1) is 0 Å². The Hall–Kier alpha value is -9.54. The Balaban J connectivity index is 0.941. The summed E-state index contributed by atoms with van der Waals surface area (Å²) in [5.74, 6) is 0. The van der Waals surface area contributed by atoms with E-state index in [0.29, 0.717) is 0 Å². The SMILES string of the molecule is c1ccc(-c2ccc(N(c3ccc(-c4ccc5c(c4)[Si](c4ccccc4)(c4ccccc4)c4ccccc4N5c4ccccc4)cc3)c3cccc(C4(c5ccccc5)c5ccccc5-c5ccccc54)c3)cc2)cc1. The third-order valence-electron chi connectivity index (χ3n) is 16.0. The molecule has 14 rings (SSSR count). The van der Waals surface area contributed by atoms with Crippen LogP contribution in [0.15, 0.2) is 315 Å². The van der Waals surface area contributed by atoms with E-state index < -0.39 is 13.5 Å². The van der Waals surface area contributed by atoms with Gasteiger partial charge in [-0.2, -0.15) is 0 Å². The second-order valence-corrected chi connectivity index (χ2v) is 23.7. The third kappa shape index (κ3) is 7.16. The largest absolute Gasteiger partial charge is 0.311 e. The van der Waals surface area contributed by atoms with Gasteiger partial charge in [0.05, 0.1) is 5.41 Å². The van der Waals surface area contributed by atoms with Crippen LogP contribution in [0, 0.1) is 0 Å². The number of fused-ring (bicyclic) bond motifs is 5. The van der Waals surface area contributed by atoms with Crippen molar-refractivity contribution in [3.05, 3.63) is 338 Å². The van der Waals surface area contributed by atoms with Crippen LogP contribution < -0.4 is 30.5 Å². The van der Waals surface area contributed by atoms with Crippen molar-refractivity contribution in [3.8, 4) is 33.4 Å². The molecule has 0 N–H and O–H groups in total. The summed E-state index contributed by atoms with van der Waals surface area (Å²) in [6, 6.07) is 117.